The van der Waals surface area contributed by atoms with E-state index in [9.17, 15) is 20.3 Å². The molecule has 2 N–H and O–H groups in total. The van der Waals surface area contributed by atoms with Crippen LogP contribution < -0.4 is 0 Å². The second kappa shape index (κ2) is 9.20. The molecule has 0 saturated heterocycles. The van der Waals surface area contributed by atoms with Gasteiger partial charge < -0.3 is 19.3 Å². The molecule has 0 spiro atoms. The summed E-state index contributed by atoms with van der Waals surface area (Å²) in [7, 11) is 1.88. The second-order valence-electron chi connectivity index (χ2n) is 7.06. The van der Waals surface area contributed by atoms with E-state index in [1.165, 1.54) is 36.0 Å². The number of aliphatic hydroxyl groups excluding tert-OH is 1. The Morgan fingerprint density at radius 1 is 1.19 bits per heavy atom. The molecular weight excluding hydrogens is 432 g/mol. The molecule has 32 heavy (non-hydrogen) atoms. The normalized spacial score (nSPS) is 12.6. The van der Waals surface area contributed by atoms with Gasteiger partial charge in [-0.05, 0) is 18.2 Å². The van der Waals surface area contributed by atoms with Crippen molar-refractivity contribution in [1.82, 2.24) is 14.1 Å². The maximum Gasteiger partial charge on any atom is 0.269 e. The summed E-state index contributed by atoms with van der Waals surface area (Å²) in [6, 6.07) is 12.9. The molecule has 11 heteroatoms. The minimum Gasteiger partial charge on any atom is -0.493 e. The smallest absolute Gasteiger partial charge is 0.269 e. The van der Waals surface area contributed by atoms with Gasteiger partial charge in [-0.25, -0.2) is 4.98 Å². The molecule has 2 aromatic heterocycles. The molecule has 164 valence electrons. The lowest BCUT2D eigenvalue weighted by atomic mass is 10.2. The summed E-state index contributed by atoms with van der Waals surface area (Å²) in [5.74, 6) is 0.286. The zero-order valence-electron chi connectivity index (χ0n) is 17.1. The lowest BCUT2D eigenvalue weighted by molar-refractivity contribution is -0.384. The van der Waals surface area contributed by atoms with Gasteiger partial charge in [0.1, 0.15) is 0 Å². The van der Waals surface area contributed by atoms with E-state index in [1.807, 2.05) is 42.1 Å². The zero-order chi connectivity index (χ0) is 22.7. The summed E-state index contributed by atoms with van der Waals surface area (Å²) in [5, 5.41) is 42.0. The Morgan fingerprint density at radius 3 is 2.62 bits per heavy atom. The number of aryl methyl sites for hydroxylation is 1. The van der Waals surface area contributed by atoms with Gasteiger partial charge in [-0.3, -0.25) is 10.1 Å². The molecule has 0 bridgehead atoms. The van der Waals surface area contributed by atoms with Gasteiger partial charge in [0.05, 0.1) is 28.8 Å². The molecule has 4 rings (SSSR count). The number of aliphatic hydroxyl groups is 1. The van der Waals surface area contributed by atoms with Crippen molar-refractivity contribution >= 4 is 39.7 Å². The Balaban J connectivity index is 1.57. The Labute approximate surface area is 187 Å². The van der Waals surface area contributed by atoms with Crippen LogP contribution in [-0.2, 0) is 13.6 Å². The van der Waals surface area contributed by atoms with E-state index in [2.05, 4.69) is 15.2 Å². The lowest BCUT2D eigenvalue weighted by Gasteiger charge is -2.13. The van der Waals surface area contributed by atoms with Gasteiger partial charge in [-0.2, -0.15) is 5.11 Å². The van der Waals surface area contributed by atoms with Crippen LogP contribution in [0.4, 0.5) is 17.1 Å². The number of nitro groups is 1. The average molecular weight is 452 g/mol. The van der Waals surface area contributed by atoms with Crippen LogP contribution in [0, 0.1) is 10.1 Å². The van der Waals surface area contributed by atoms with Crippen molar-refractivity contribution in [3.63, 3.8) is 0 Å². The van der Waals surface area contributed by atoms with Crippen LogP contribution in [0.1, 0.15) is 0 Å². The van der Waals surface area contributed by atoms with Gasteiger partial charge in [0.2, 0.25) is 5.88 Å². The number of benzene rings is 2. The first-order chi connectivity index (χ1) is 15.4. The van der Waals surface area contributed by atoms with Crippen LogP contribution in [0.25, 0.3) is 10.9 Å². The third kappa shape index (κ3) is 4.48. The number of aromatic hydroxyl groups is 1. The van der Waals surface area contributed by atoms with E-state index in [-0.39, 0.29) is 23.8 Å². The van der Waals surface area contributed by atoms with Crippen molar-refractivity contribution in [2.24, 2.45) is 17.3 Å². The van der Waals surface area contributed by atoms with Crippen molar-refractivity contribution < 1.29 is 15.1 Å². The van der Waals surface area contributed by atoms with Crippen molar-refractivity contribution in [2.75, 3.05) is 5.75 Å². The monoisotopic (exact) mass is 452 g/mol. The Hall–Kier alpha value is -3.70. The molecule has 2 aromatic carbocycles. The maximum absolute atomic E-state index is 10.8. The van der Waals surface area contributed by atoms with Gasteiger partial charge in [-0.1, -0.05) is 30.0 Å². The average Bonchev–Trinajstić information content (AvgIpc) is 3.32. The molecule has 4 aromatic rings. The first-order valence-electron chi connectivity index (χ1n) is 9.68. The van der Waals surface area contributed by atoms with E-state index in [1.54, 1.807) is 10.8 Å². The summed E-state index contributed by atoms with van der Waals surface area (Å²) in [6.07, 6.45) is 2.79. The summed E-state index contributed by atoms with van der Waals surface area (Å²) >= 11 is 1.43. The van der Waals surface area contributed by atoms with E-state index in [0.29, 0.717) is 22.3 Å². The quantitative estimate of drug-likeness (QED) is 0.174. The number of para-hydroxylation sites is 1. The molecule has 1 unspecified atom stereocenters. The third-order valence-corrected chi connectivity index (χ3v) is 6.02. The molecule has 0 saturated carbocycles. The third-order valence-electron chi connectivity index (χ3n) is 4.82. The fourth-order valence-electron chi connectivity index (χ4n) is 3.23. The van der Waals surface area contributed by atoms with E-state index < -0.39 is 11.0 Å². The number of imidazole rings is 1. The topological polar surface area (TPSA) is 131 Å². The number of non-ortho nitro benzene ring substituents is 1. The highest BCUT2D eigenvalue weighted by molar-refractivity contribution is 7.99. The molecule has 0 fully saturated rings. The minimum absolute atomic E-state index is 0.0409. The summed E-state index contributed by atoms with van der Waals surface area (Å²) in [5.41, 5.74) is 1.35. The van der Waals surface area contributed by atoms with Crippen LogP contribution in [0.15, 0.2) is 76.3 Å². The second-order valence-corrected chi connectivity index (χ2v) is 8.05. The number of azo groups is 1. The van der Waals surface area contributed by atoms with Gasteiger partial charge >= 0.3 is 0 Å². The van der Waals surface area contributed by atoms with E-state index >= 15 is 0 Å². The Morgan fingerprint density at radius 2 is 1.94 bits per heavy atom. The van der Waals surface area contributed by atoms with Gasteiger partial charge in [0.25, 0.3) is 5.69 Å². The molecule has 0 radical (unpaired) electrons. The summed E-state index contributed by atoms with van der Waals surface area (Å²) in [4.78, 5) is 14.5. The highest BCUT2D eigenvalue weighted by Crippen LogP contribution is 2.39. The lowest BCUT2D eigenvalue weighted by Crippen LogP contribution is -2.18. The summed E-state index contributed by atoms with van der Waals surface area (Å²) < 4.78 is 3.47. The van der Waals surface area contributed by atoms with Crippen LogP contribution in [0.5, 0.6) is 5.88 Å². The van der Waals surface area contributed by atoms with Crippen molar-refractivity contribution in [3.8, 4) is 5.88 Å². The highest BCUT2D eigenvalue weighted by atomic mass is 32.2. The fourth-order valence-corrected chi connectivity index (χ4v) is 4.08. The number of thioether (sulfide) groups is 1. The standard InChI is InChI=1S/C21H20N6O4S/c1-25-11-10-22-21(25)32-13-16(28)12-26-18-5-3-2-4-17(18)19(20(26)29)24-23-14-6-8-15(9-7-14)27(30)31/h2-11,16,28-29H,12-13H2,1H3. The number of nitro benzene ring substituents is 1. The Bertz CT molecular complexity index is 1280. The molecule has 1 atom stereocenters. The SMILES string of the molecule is Cn1ccnc1SCC(O)Cn1c(O)c(N=Nc2ccc([N+](=O)[O-])cc2)c2ccccc21. The van der Waals surface area contributed by atoms with Gasteiger partial charge in [-0.15, -0.1) is 5.11 Å². The molecule has 0 aliphatic heterocycles. The zero-order valence-corrected chi connectivity index (χ0v) is 17.9. The van der Waals surface area contributed by atoms with Crippen molar-refractivity contribution in [2.45, 2.75) is 17.8 Å². The first kappa shape index (κ1) is 21.5. The van der Waals surface area contributed by atoms with Crippen molar-refractivity contribution in [1.29, 1.82) is 0 Å². The maximum atomic E-state index is 10.8. The predicted octanol–water partition coefficient (Wildman–Crippen LogP) is 4.56. The van der Waals surface area contributed by atoms with E-state index in [4.69, 9.17) is 0 Å². The number of nitrogens with zero attached hydrogens (tertiary/aromatic N) is 6. The predicted molar refractivity (Wildman–Crippen MR) is 121 cm³/mol. The first-order valence-corrected chi connectivity index (χ1v) is 10.7. The van der Waals surface area contributed by atoms with Crippen LogP contribution in [-0.4, -0.2) is 41.1 Å². The molecule has 0 aliphatic rings. The molecule has 10 nitrogen and oxygen atoms in total. The fraction of sp³-hybridized carbons (Fsp3) is 0.190. The highest BCUT2D eigenvalue weighted by Gasteiger charge is 2.19. The number of rotatable bonds is 8. The minimum atomic E-state index is -0.738. The Kier molecular flexibility index (Phi) is 6.19. The number of hydrogen-bond donors (Lipinski definition) is 2. The number of aromatic nitrogens is 3. The molecular formula is C21H20N6O4S. The molecule has 2 heterocycles. The van der Waals surface area contributed by atoms with Crippen molar-refractivity contribution in [3.05, 3.63) is 71.0 Å². The number of fused-ring (bicyclic) bond motifs is 1. The van der Waals surface area contributed by atoms with Crippen LogP contribution >= 0.6 is 11.8 Å². The number of hydrogen-bond acceptors (Lipinski definition) is 8. The molecule has 0 amide bonds. The molecule has 0 aliphatic carbocycles. The van der Waals surface area contributed by atoms with Gasteiger partial charge in [0.15, 0.2) is 10.8 Å². The largest absolute Gasteiger partial charge is 0.493 e. The van der Waals surface area contributed by atoms with Gasteiger partial charge in [0, 0.05) is 42.7 Å². The van der Waals surface area contributed by atoms with E-state index in [0.717, 1.165) is 5.16 Å². The summed E-state index contributed by atoms with van der Waals surface area (Å²) in [6.45, 7) is 0.164. The van der Waals surface area contributed by atoms with Crippen LogP contribution in [0.3, 0.4) is 0 Å². The van der Waals surface area contributed by atoms with Crippen LogP contribution in [0.2, 0.25) is 0 Å².